The second-order valence-corrected chi connectivity index (χ2v) is 6.13. The van der Waals surface area contributed by atoms with Crippen LogP contribution in [0.2, 0.25) is 0 Å². The van der Waals surface area contributed by atoms with Crippen molar-refractivity contribution < 1.29 is 9.21 Å². The molecular formula is C19H23NO2. The lowest BCUT2D eigenvalue weighted by atomic mass is 9.90. The second-order valence-electron chi connectivity index (χ2n) is 6.13. The Balaban J connectivity index is 1.39. The molecule has 0 amide bonds. The van der Waals surface area contributed by atoms with Crippen LogP contribution < -0.4 is 0 Å². The highest BCUT2D eigenvalue weighted by molar-refractivity contribution is 5.93. The lowest BCUT2D eigenvalue weighted by Crippen LogP contribution is -2.35. The fraction of sp³-hybridized carbons (Fsp3) is 0.421. The van der Waals surface area contributed by atoms with E-state index in [1.54, 1.807) is 18.4 Å². The number of benzene rings is 1. The molecule has 1 aliphatic rings. The highest BCUT2D eigenvalue weighted by atomic mass is 16.3. The van der Waals surface area contributed by atoms with Gasteiger partial charge < -0.3 is 9.32 Å². The molecule has 0 spiro atoms. The third kappa shape index (κ3) is 4.08. The average Bonchev–Trinajstić information content (AvgIpc) is 3.09. The summed E-state index contributed by atoms with van der Waals surface area (Å²) in [5.74, 6) is 1.37. The fourth-order valence-corrected chi connectivity index (χ4v) is 3.18. The maximum absolute atomic E-state index is 11.9. The molecule has 0 unspecified atom stereocenters. The molecule has 1 fully saturated rings. The number of hydrogen-bond acceptors (Lipinski definition) is 3. The third-order valence-corrected chi connectivity index (χ3v) is 4.53. The van der Waals surface area contributed by atoms with Crippen molar-refractivity contribution in [2.24, 2.45) is 5.92 Å². The molecule has 0 N–H and O–H groups in total. The second kappa shape index (κ2) is 7.41. The monoisotopic (exact) mass is 297 g/mol. The molecule has 1 aromatic carbocycles. The van der Waals surface area contributed by atoms with Gasteiger partial charge in [0.25, 0.3) is 0 Å². The van der Waals surface area contributed by atoms with E-state index in [0.29, 0.717) is 12.2 Å². The predicted octanol–water partition coefficient (Wildman–Crippen LogP) is 3.81. The molecule has 3 heteroatoms. The van der Waals surface area contributed by atoms with Crippen LogP contribution in [0.15, 0.2) is 53.1 Å². The quantitative estimate of drug-likeness (QED) is 0.760. The molecule has 3 nitrogen and oxygen atoms in total. The van der Waals surface area contributed by atoms with Crippen LogP contribution in [-0.2, 0) is 6.42 Å². The van der Waals surface area contributed by atoms with Gasteiger partial charge in [0.05, 0.1) is 6.26 Å². The van der Waals surface area contributed by atoms with Crippen molar-refractivity contribution in [3.63, 3.8) is 0 Å². The first-order valence-corrected chi connectivity index (χ1v) is 8.14. The van der Waals surface area contributed by atoms with Crippen LogP contribution in [0, 0.1) is 5.92 Å². The minimum absolute atomic E-state index is 0.108. The summed E-state index contributed by atoms with van der Waals surface area (Å²) in [5, 5.41) is 0. The standard InChI is InChI=1S/C19H23NO2/c21-18(19-7-4-14-22-19)10-13-20-11-8-17(9-12-20)15-16-5-2-1-3-6-16/h1-7,14,17H,8-13,15H2. The molecule has 22 heavy (non-hydrogen) atoms. The molecule has 0 saturated carbocycles. The molecule has 2 heterocycles. The molecule has 116 valence electrons. The molecule has 1 saturated heterocycles. The van der Waals surface area contributed by atoms with E-state index in [9.17, 15) is 4.79 Å². The van der Waals surface area contributed by atoms with Gasteiger partial charge in [-0.15, -0.1) is 0 Å². The summed E-state index contributed by atoms with van der Waals surface area (Å²) < 4.78 is 5.15. The van der Waals surface area contributed by atoms with Gasteiger partial charge in [-0.3, -0.25) is 4.79 Å². The Labute approximate surface area is 131 Å². The number of rotatable bonds is 6. The minimum Gasteiger partial charge on any atom is -0.461 e. The number of furan rings is 1. The molecular weight excluding hydrogens is 274 g/mol. The van der Waals surface area contributed by atoms with Crippen molar-refractivity contribution in [1.29, 1.82) is 0 Å². The first-order valence-electron chi connectivity index (χ1n) is 8.14. The van der Waals surface area contributed by atoms with E-state index in [4.69, 9.17) is 4.42 Å². The Bertz CT molecular complexity index is 569. The number of nitrogens with zero attached hydrogens (tertiary/aromatic N) is 1. The van der Waals surface area contributed by atoms with Gasteiger partial charge in [-0.05, 0) is 56.0 Å². The van der Waals surface area contributed by atoms with Gasteiger partial charge >= 0.3 is 0 Å². The largest absolute Gasteiger partial charge is 0.461 e. The normalized spacial score (nSPS) is 16.7. The Kier molecular flexibility index (Phi) is 5.07. The molecule has 0 bridgehead atoms. The van der Waals surface area contributed by atoms with Crippen molar-refractivity contribution in [1.82, 2.24) is 4.90 Å². The molecule has 1 aliphatic heterocycles. The number of carbonyl (C=O) groups excluding carboxylic acids is 1. The molecule has 2 aromatic rings. The summed E-state index contributed by atoms with van der Waals surface area (Å²) >= 11 is 0. The molecule has 0 radical (unpaired) electrons. The van der Waals surface area contributed by atoms with Crippen molar-refractivity contribution >= 4 is 5.78 Å². The van der Waals surface area contributed by atoms with E-state index < -0.39 is 0 Å². The Morgan fingerprint density at radius 1 is 1.09 bits per heavy atom. The van der Waals surface area contributed by atoms with Crippen molar-refractivity contribution in [2.45, 2.75) is 25.7 Å². The van der Waals surface area contributed by atoms with Crippen LogP contribution in [-0.4, -0.2) is 30.3 Å². The van der Waals surface area contributed by atoms with E-state index in [0.717, 1.165) is 25.6 Å². The van der Waals surface area contributed by atoms with Gasteiger partial charge in [0.2, 0.25) is 0 Å². The summed E-state index contributed by atoms with van der Waals surface area (Å²) in [6.07, 6.45) is 5.74. The summed E-state index contributed by atoms with van der Waals surface area (Å²) in [6, 6.07) is 14.2. The van der Waals surface area contributed by atoms with Crippen molar-refractivity contribution in [2.75, 3.05) is 19.6 Å². The summed E-state index contributed by atoms with van der Waals surface area (Å²) in [5.41, 5.74) is 1.44. The Hall–Kier alpha value is -1.87. The highest BCUT2D eigenvalue weighted by Gasteiger charge is 2.20. The van der Waals surface area contributed by atoms with E-state index >= 15 is 0 Å². The van der Waals surface area contributed by atoms with Gasteiger partial charge in [-0.2, -0.15) is 0 Å². The number of likely N-dealkylation sites (tertiary alicyclic amines) is 1. The molecule has 0 atom stereocenters. The zero-order chi connectivity index (χ0) is 15.2. The number of piperidine rings is 1. The SMILES string of the molecule is O=C(CCN1CCC(Cc2ccccc2)CC1)c1ccco1. The zero-order valence-electron chi connectivity index (χ0n) is 12.9. The number of Topliss-reactive ketones (excluding diaryl/α,β-unsaturated/α-hetero) is 1. The van der Waals surface area contributed by atoms with Crippen molar-refractivity contribution in [3.05, 3.63) is 60.1 Å². The van der Waals surface area contributed by atoms with Gasteiger partial charge in [0, 0.05) is 13.0 Å². The van der Waals surface area contributed by atoms with Crippen molar-refractivity contribution in [3.8, 4) is 0 Å². The lowest BCUT2D eigenvalue weighted by molar-refractivity contribution is 0.0924. The first kappa shape index (κ1) is 15.0. The Morgan fingerprint density at radius 3 is 2.55 bits per heavy atom. The average molecular weight is 297 g/mol. The molecule has 3 rings (SSSR count). The van der Waals surface area contributed by atoms with Gasteiger partial charge in [0.1, 0.15) is 0 Å². The maximum Gasteiger partial charge on any atom is 0.199 e. The van der Waals surface area contributed by atoms with Crippen LogP contribution in [0.5, 0.6) is 0 Å². The molecule has 0 aliphatic carbocycles. The van der Waals surface area contributed by atoms with E-state index in [2.05, 4.69) is 35.2 Å². The van der Waals surface area contributed by atoms with E-state index in [1.807, 2.05) is 0 Å². The number of carbonyl (C=O) groups is 1. The summed E-state index contributed by atoms with van der Waals surface area (Å²) in [6.45, 7) is 3.05. The Morgan fingerprint density at radius 2 is 1.86 bits per heavy atom. The predicted molar refractivity (Wildman–Crippen MR) is 87.0 cm³/mol. The molecule has 1 aromatic heterocycles. The maximum atomic E-state index is 11.9. The first-order chi connectivity index (χ1) is 10.8. The third-order valence-electron chi connectivity index (χ3n) is 4.53. The topological polar surface area (TPSA) is 33.5 Å². The number of ketones is 1. The van der Waals surface area contributed by atoms with Crippen LogP contribution >= 0.6 is 0 Å². The summed E-state index contributed by atoms with van der Waals surface area (Å²) in [7, 11) is 0. The van der Waals surface area contributed by atoms with Crippen LogP contribution in [0.1, 0.15) is 35.4 Å². The lowest BCUT2D eigenvalue weighted by Gasteiger charge is -2.31. The van der Waals surface area contributed by atoms with Crippen LogP contribution in [0.4, 0.5) is 0 Å². The van der Waals surface area contributed by atoms with Gasteiger partial charge in [-0.1, -0.05) is 30.3 Å². The van der Waals surface area contributed by atoms with Gasteiger partial charge in [0.15, 0.2) is 11.5 Å². The fourth-order valence-electron chi connectivity index (χ4n) is 3.18. The zero-order valence-corrected chi connectivity index (χ0v) is 12.9. The highest BCUT2D eigenvalue weighted by Crippen LogP contribution is 2.21. The number of hydrogen-bond donors (Lipinski definition) is 0. The van der Waals surface area contributed by atoms with Gasteiger partial charge in [-0.25, -0.2) is 0 Å². The van der Waals surface area contributed by atoms with Crippen LogP contribution in [0.25, 0.3) is 0 Å². The summed E-state index contributed by atoms with van der Waals surface area (Å²) in [4.78, 5) is 14.3. The smallest absolute Gasteiger partial charge is 0.199 e. The minimum atomic E-state index is 0.108. The van der Waals surface area contributed by atoms with E-state index in [1.165, 1.54) is 24.8 Å². The van der Waals surface area contributed by atoms with E-state index in [-0.39, 0.29) is 5.78 Å². The van der Waals surface area contributed by atoms with Crippen LogP contribution in [0.3, 0.4) is 0 Å².